The molecule has 1 aromatic carbocycles. The second kappa shape index (κ2) is 6.49. The van der Waals surface area contributed by atoms with E-state index in [2.05, 4.69) is 5.32 Å². The minimum atomic E-state index is -4.41. The van der Waals surface area contributed by atoms with Crippen molar-refractivity contribution in [3.63, 3.8) is 0 Å². The number of carbonyl (C=O) groups is 2. The molecule has 1 atom stereocenters. The molecule has 0 fully saturated rings. The number of hydrogen-bond acceptors (Lipinski definition) is 4. The van der Waals surface area contributed by atoms with Crippen LogP contribution in [0.15, 0.2) is 29.2 Å². The first-order chi connectivity index (χ1) is 9.25. The lowest BCUT2D eigenvalue weighted by Crippen LogP contribution is -2.40. The van der Waals surface area contributed by atoms with Gasteiger partial charge in [-0.15, -0.1) is 0 Å². The maximum atomic E-state index is 11.9. The summed E-state index contributed by atoms with van der Waals surface area (Å²) < 4.78 is 30.8. The molecule has 1 amide bonds. The molecule has 1 rings (SSSR count). The molecule has 110 valence electrons. The van der Waals surface area contributed by atoms with E-state index in [0.717, 1.165) is 12.1 Å². The molecule has 0 heterocycles. The lowest BCUT2D eigenvalue weighted by Gasteiger charge is -2.13. The number of carboxylic acids is 1. The zero-order valence-electron chi connectivity index (χ0n) is 10.7. The Morgan fingerprint density at radius 3 is 2.50 bits per heavy atom. The summed E-state index contributed by atoms with van der Waals surface area (Å²) in [5.74, 6) is -1.87. The van der Waals surface area contributed by atoms with Crippen LogP contribution in [0.3, 0.4) is 0 Å². The molecule has 0 aliphatic heterocycles. The van der Waals surface area contributed by atoms with Crippen LogP contribution in [0.5, 0.6) is 0 Å². The maximum Gasteiger partial charge on any atom is 0.326 e. The minimum Gasteiger partial charge on any atom is -0.480 e. The van der Waals surface area contributed by atoms with E-state index in [4.69, 9.17) is 9.66 Å². The fourth-order valence-electron chi connectivity index (χ4n) is 1.59. The van der Waals surface area contributed by atoms with Crippen LogP contribution in [0, 0.1) is 0 Å². The second-order valence-electron chi connectivity index (χ2n) is 4.16. The summed E-state index contributed by atoms with van der Waals surface area (Å²) in [5, 5.41) is 11.2. The Kier molecular flexibility index (Phi) is 5.23. The summed E-state index contributed by atoms with van der Waals surface area (Å²) in [7, 11) is -4.41. The number of amides is 1. The highest BCUT2D eigenvalue weighted by Gasteiger charge is 2.20. The number of aliphatic carboxylic acids is 1. The van der Waals surface area contributed by atoms with Crippen LogP contribution in [0.1, 0.15) is 30.1 Å². The van der Waals surface area contributed by atoms with E-state index in [1.807, 2.05) is 0 Å². The molecule has 0 unspecified atom stereocenters. The van der Waals surface area contributed by atoms with E-state index in [1.165, 1.54) is 12.1 Å². The molecule has 0 bridgehead atoms. The van der Waals surface area contributed by atoms with Crippen molar-refractivity contribution >= 4 is 22.0 Å². The van der Waals surface area contributed by atoms with E-state index in [1.54, 1.807) is 6.92 Å². The predicted molar refractivity (Wildman–Crippen MR) is 70.1 cm³/mol. The predicted octanol–water partition coefficient (Wildman–Crippen LogP) is 0.916. The minimum absolute atomic E-state index is 0.0394. The largest absolute Gasteiger partial charge is 0.480 e. The Bertz CT molecular complexity index is 610. The lowest BCUT2D eigenvalue weighted by atomic mass is 10.1. The van der Waals surface area contributed by atoms with Crippen LogP contribution in [-0.4, -0.2) is 36.0 Å². The van der Waals surface area contributed by atoms with Crippen molar-refractivity contribution in [1.29, 1.82) is 0 Å². The number of carbonyl (C=O) groups excluding carboxylic acids is 1. The Morgan fingerprint density at radius 1 is 1.35 bits per heavy atom. The molecule has 3 N–H and O–H groups in total. The van der Waals surface area contributed by atoms with Crippen molar-refractivity contribution in [2.45, 2.75) is 30.7 Å². The van der Waals surface area contributed by atoms with Gasteiger partial charge in [0.05, 0.1) is 4.90 Å². The summed E-state index contributed by atoms with van der Waals surface area (Å²) in [6.07, 6.45) is 0.835. The van der Waals surface area contributed by atoms with Crippen LogP contribution in [-0.2, 0) is 14.9 Å². The van der Waals surface area contributed by atoms with Gasteiger partial charge in [-0.25, -0.2) is 4.79 Å². The topological polar surface area (TPSA) is 121 Å². The third kappa shape index (κ3) is 4.32. The molecule has 0 aromatic heterocycles. The highest BCUT2D eigenvalue weighted by molar-refractivity contribution is 7.85. The van der Waals surface area contributed by atoms with Crippen molar-refractivity contribution < 1.29 is 27.7 Å². The zero-order valence-corrected chi connectivity index (χ0v) is 11.6. The molecule has 0 aliphatic rings. The zero-order chi connectivity index (χ0) is 15.3. The standard InChI is InChI=1S/C12H15NO6S/c1-2-4-10(12(15)16)13-11(14)8-5-3-6-9(7-8)20(17,18)19/h3,5-7,10H,2,4H2,1H3,(H,13,14)(H,15,16)(H,17,18,19)/t10-/m0/s1. The van der Waals surface area contributed by atoms with E-state index >= 15 is 0 Å². The van der Waals surface area contributed by atoms with Gasteiger partial charge in [0, 0.05) is 5.56 Å². The SMILES string of the molecule is CCC[C@H](NC(=O)c1cccc(S(=O)(=O)O)c1)C(=O)O. The average Bonchev–Trinajstić information content (AvgIpc) is 2.37. The van der Waals surface area contributed by atoms with Gasteiger partial charge in [0.25, 0.3) is 16.0 Å². The number of rotatable bonds is 6. The molecule has 0 saturated heterocycles. The van der Waals surface area contributed by atoms with Gasteiger partial charge < -0.3 is 10.4 Å². The van der Waals surface area contributed by atoms with E-state index in [-0.39, 0.29) is 12.0 Å². The van der Waals surface area contributed by atoms with Gasteiger partial charge in [-0.05, 0) is 24.6 Å². The van der Waals surface area contributed by atoms with E-state index in [9.17, 15) is 18.0 Å². The number of hydrogen-bond donors (Lipinski definition) is 3. The van der Waals surface area contributed by atoms with Gasteiger partial charge in [-0.1, -0.05) is 19.4 Å². The Balaban J connectivity index is 2.95. The van der Waals surface area contributed by atoms with Crippen LogP contribution in [0.4, 0.5) is 0 Å². The molecular weight excluding hydrogens is 286 g/mol. The van der Waals surface area contributed by atoms with Gasteiger partial charge in [0.15, 0.2) is 0 Å². The first-order valence-electron chi connectivity index (χ1n) is 5.87. The molecule has 7 nitrogen and oxygen atoms in total. The number of nitrogens with one attached hydrogen (secondary N) is 1. The molecular formula is C12H15NO6S. The Hall–Kier alpha value is -1.93. The molecule has 1 aromatic rings. The second-order valence-corrected chi connectivity index (χ2v) is 5.58. The fourth-order valence-corrected chi connectivity index (χ4v) is 2.11. The van der Waals surface area contributed by atoms with Gasteiger partial charge in [-0.2, -0.15) is 8.42 Å². The normalized spacial score (nSPS) is 12.7. The first-order valence-corrected chi connectivity index (χ1v) is 7.31. The number of carboxylic acid groups (broad SMARTS) is 1. The maximum absolute atomic E-state index is 11.9. The summed E-state index contributed by atoms with van der Waals surface area (Å²) in [6.45, 7) is 1.78. The summed E-state index contributed by atoms with van der Waals surface area (Å²) >= 11 is 0. The van der Waals surface area contributed by atoms with E-state index in [0.29, 0.717) is 6.42 Å². The van der Waals surface area contributed by atoms with Crippen molar-refractivity contribution in [2.24, 2.45) is 0 Å². The first kappa shape index (κ1) is 16.1. The molecule has 0 radical (unpaired) electrons. The number of benzene rings is 1. The molecule has 20 heavy (non-hydrogen) atoms. The third-order valence-corrected chi connectivity index (χ3v) is 3.42. The molecule has 0 spiro atoms. The average molecular weight is 301 g/mol. The van der Waals surface area contributed by atoms with Crippen LogP contribution < -0.4 is 5.32 Å². The smallest absolute Gasteiger partial charge is 0.326 e. The Morgan fingerprint density at radius 2 is 2.00 bits per heavy atom. The van der Waals surface area contributed by atoms with Crippen LogP contribution in [0.2, 0.25) is 0 Å². The van der Waals surface area contributed by atoms with E-state index < -0.39 is 32.9 Å². The third-order valence-electron chi connectivity index (χ3n) is 2.57. The quantitative estimate of drug-likeness (QED) is 0.672. The summed E-state index contributed by atoms with van der Waals surface area (Å²) in [5.41, 5.74) is -0.0394. The summed E-state index contributed by atoms with van der Waals surface area (Å²) in [4.78, 5) is 22.4. The molecule has 8 heteroatoms. The van der Waals surface area contributed by atoms with Crippen molar-refractivity contribution in [3.8, 4) is 0 Å². The van der Waals surface area contributed by atoms with Crippen LogP contribution in [0.25, 0.3) is 0 Å². The van der Waals surface area contributed by atoms with Crippen molar-refractivity contribution in [2.75, 3.05) is 0 Å². The van der Waals surface area contributed by atoms with Crippen molar-refractivity contribution in [3.05, 3.63) is 29.8 Å². The highest BCUT2D eigenvalue weighted by atomic mass is 32.2. The fraction of sp³-hybridized carbons (Fsp3) is 0.333. The lowest BCUT2D eigenvalue weighted by molar-refractivity contribution is -0.139. The van der Waals surface area contributed by atoms with Crippen molar-refractivity contribution in [1.82, 2.24) is 5.32 Å². The monoisotopic (exact) mass is 301 g/mol. The van der Waals surface area contributed by atoms with Gasteiger partial charge in [0.1, 0.15) is 6.04 Å². The van der Waals surface area contributed by atoms with Gasteiger partial charge >= 0.3 is 5.97 Å². The van der Waals surface area contributed by atoms with Gasteiger partial charge in [-0.3, -0.25) is 9.35 Å². The molecule has 0 aliphatic carbocycles. The highest BCUT2D eigenvalue weighted by Crippen LogP contribution is 2.11. The molecule has 0 saturated carbocycles. The van der Waals surface area contributed by atoms with Crippen LogP contribution >= 0.6 is 0 Å². The summed E-state index contributed by atoms with van der Waals surface area (Å²) in [6, 6.07) is 3.69. The van der Waals surface area contributed by atoms with Gasteiger partial charge in [0.2, 0.25) is 0 Å². The Labute approximate surface area is 116 Å².